The van der Waals surface area contributed by atoms with Gasteiger partial charge in [-0.05, 0) is 41.5 Å². The first kappa shape index (κ1) is 11.2. The summed E-state index contributed by atoms with van der Waals surface area (Å²) in [6, 6.07) is 18.2. The Bertz CT molecular complexity index is 723. The topological polar surface area (TPSA) is 38.9 Å². The van der Waals surface area contributed by atoms with Gasteiger partial charge in [0.05, 0.1) is 5.52 Å². The molecule has 2 aromatic carbocycles. The Labute approximate surface area is 114 Å². The maximum absolute atomic E-state index is 5.68. The fourth-order valence-electron chi connectivity index (χ4n) is 2.00. The van der Waals surface area contributed by atoms with Gasteiger partial charge >= 0.3 is 0 Å². The number of aromatic nitrogens is 1. The summed E-state index contributed by atoms with van der Waals surface area (Å²) in [5, 5.41) is 1.09. The summed E-state index contributed by atoms with van der Waals surface area (Å²) >= 11 is 3.57. The van der Waals surface area contributed by atoms with Crippen LogP contribution in [0.25, 0.3) is 22.0 Å². The minimum absolute atomic E-state index is 0.552. The van der Waals surface area contributed by atoms with Crippen molar-refractivity contribution in [1.82, 2.24) is 4.98 Å². The molecule has 3 rings (SSSR count). The molecule has 18 heavy (non-hydrogen) atoms. The highest BCUT2D eigenvalue weighted by atomic mass is 79.9. The van der Waals surface area contributed by atoms with E-state index < -0.39 is 0 Å². The smallest absolute Gasteiger partial charge is 0.124 e. The van der Waals surface area contributed by atoms with Gasteiger partial charge in [-0.2, -0.15) is 0 Å². The van der Waals surface area contributed by atoms with Crippen molar-refractivity contribution < 1.29 is 0 Å². The maximum atomic E-state index is 5.68. The maximum Gasteiger partial charge on any atom is 0.124 e. The van der Waals surface area contributed by atoms with Crippen LogP contribution < -0.4 is 5.73 Å². The summed E-state index contributed by atoms with van der Waals surface area (Å²) in [7, 11) is 0. The molecule has 2 N–H and O–H groups in total. The summed E-state index contributed by atoms with van der Waals surface area (Å²) < 4.78 is 1.09. The summed E-state index contributed by atoms with van der Waals surface area (Å²) in [5.74, 6) is 0.552. The first-order chi connectivity index (χ1) is 8.74. The van der Waals surface area contributed by atoms with E-state index in [1.54, 1.807) is 0 Å². The number of halogens is 1. The summed E-state index contributed by atoms with van der Waals surface area (Å²) in [5.41, 5.74) is 8.95. The number of pyridine rings is 1. The van der Waals surface area contributed by atoms with Gasteiger partial charge in [0, 0.05) is 9.86 Å². The number of fused-ring (bicyclic) bond motifs is 1. The van der Waals surface area contributed by atoms with E-state index in [0.717, 1.165) is 15.4 Å². The van der Waals surface area contributed by atoms with Gasteiger partial charge in [0.15, 0.2) is 0 Å². The molecule has 0 aliphatic heterocycles. The molecule has 0 radical (unpaired) electrons. The third kappa shape index (κ3) is 1.97. The lowest BCUT2D eigenvalue weighted by Gasteiger charge is -2.06. The number of nitrogens with two attached hydrogens (primary N) is 1. The van der Waals surface area contributed by atoms with Gasteiger partial charge in [-0.1, -0.05) is 40.2 Å². The summed E-state index contributed by atoms with van der Waals surface area (Å²) in [6.45, 7) is 0. The van der Waals surface area contributed by atoms with Crippen LogP contribution in [0.2, 0.25) is 0 Å². The zero-order valence-electron chi connectivity index (χ0n) is 9.60. The SMILES string of the molecule is Nc1ccc2cc(-c3ccccc3Br)ccc2n1. The highest BCUT2D eigenvalue weighted by Gasteiger charge is 2.03. The Morgan fingerprint density at radius 2 is 1.78 bits per heavy atom. The first-order valence-corrected chi connectivity index (χ1v) is 6.44. The molecular formula is C15H11BrN2. The van der Waals surface area contributed by atoms with Gasteiger partial charge in [-0.25, -0.2) is 4.98 Å². The van der Waals surface area contributed by atoms with Crippen molar-refractivity contribution in [2.45, 2.75) is 0 Å². The van der Waals surface area contributed by atoms with Crippen molar-refractivity contribution >= 4 is 32.7 Å². The molecule has 88 valence electrons. The largest absolute Gasteiger partial charge is 0.384 e. The number of hydrogen-bond acceptors (Lipinski definition) is 2. The van der Waals surface area contributed by atoms with Crippen LogP contribution in [0.4, 0.5) is 5.82 Å². The van der Waals surface area contributed by atoms with E-state index in [1.165, 1.54) is 11.1 Å². The fourth-order valence-corrected chi connectivity index (χ4v) is 2.52. The third-order valence-electron chi connectivity index (χ3n) is 2.90. The Balaban J connectivity index is 2.20. The first-order valence-electron chi connectivity index (χ1n) is 5.65. The molecule has 0 saturated heterocycles. The van der Waals surface area contributed by atoms with Gasteiger partial charge in [-0.15, -0.1) is 0 Å². The quantitative estimate of drug-likeness (QED) is 0.729. The number of benzene rings is 2. The minimum atomic E-state index is 0.552. The lowest BCUT2D eigenvalue weighted by Crippen LogP contribution is -1.89. The van der Waals surface area contributed by atoms with Gasteiger partial charge in [0.2, 0.25) is 0 Å². The molecule has 0 aliphatic carbocycles. The van der Waals surface area contributed by atoms with Gasteiger partial charge in [0.25, 0.3) is 0 Å². The van der Waals surface area contributed by atoms with Crippen LogP contribution in [0, 0.1) is 0 Å². The van der Waals surface area contributed by atoms with Crippen molar-refractivity contribution in [3.63, 3.8) is 0 Å². The van der Waals surface area contributed by atoms with Crippen molar-refractivity contribution in [3.8, 4) is 11.1 Å². The minimum Gasteiger partial charge on any atom is -0.384 e. The molecule has 0 amide bonds. The molecule has 0 unspecified atom stereocenters. The standard InChI is InChI=1S/C15H11BrN2/c16-13-4-2-1-3-12(13)10-5-7-14-11(9-10)6-8-15(17)18-14/h1-9H,(H2,17,18). The van der Waals surface area contributed by atoms with Crippen LogP contribution in [-0.2, 0) is 0 Å². The van der Waals surface area contributed by atoms with Crippen LogP contribution in [0.15, 0.2) is 59.1 Å². The number of nitrogen functional groups attached to an aromatic ring is 1. The predicted octanol–water partition coefficient (Wildman–Crippen LogP) is 4.25. The van der Waals surface area contributed by atoms with E-state index in [0.29, 0.717) is 5.82 Å². The van der Waals surface area contributed by atoms with E-state index in [-0.39, 0.29) is 0 Å². The van der Waals surface area contributed by atoms with Crippen molar-refractivity contribution in [1.29, 1.82) is 0 Å². The molecule has 0 saturated carbocycles. The molecule has 1 heterocycles. The average Bonchev–Trinajstić information content (AvgIpc) is 2.39. The Morgan fingerprint density at radius 1 is 0.944 bits per heavy atom. The second-order valence-electron chi connectivity index (χ2n) is 4.12. The van der Waals surface area contributed by atoms with Crippen LogP contribution in [-0.4, -0.2) is 4.98 Å². The molecule has 3 aromatic rings. The average molecular weight is 299 g/mol. The third-order valence-corrected chi connectivity index (χ3v) is 3.59. The molecule has 1 aromatic heterocycles. The van der Waals surface area contributed by atoms with Gasteiger partial charge in [0.1, 0.15) is 5.82 Å². The highest BCUT2D eigenvalue weighted by Crippen LogP contribution is 2.30. The zero-order valence-corrected chi connectivity index (χ0v) is 11.2. The van der Waals surface area contributed by atoms with Crippen LogP contribution in [0.1, 0.15) is 0 Å². The Morgan fingerprint density at radius 3 is 2.61 bits per heavy atom. The second kappa shape index (κ2) is 4.42. The van der Waals surface area contributed by atoms with E-state index in [1.807, 2.05) is 36.4 Å². The van der Waals surface area contributed by atoms with Gasteiger partial charge < -0.3 is 5.73 Å². The fraction of sp³-hybridized carbons (Fsp3) is 0. The normalized spacial score (nSPS) is 10.7. The van der Waals surface area contributed by atoms with Crippen LogP contribution >= 0.6 is 15.9 Å². The monoisotopic (exact) mass is 298 g/mol. The Hall–Kier alpha value is -1.87. The molecule has 0 atom stereocenters. The van der Waals surface area contributed by atoms with Crippen LogP contribution in [0.5, 0.6) is 0 Å². The lowest BCUT2D eigenvalue weighted by atomic mass is 10.0. The number of rotatable bonds is 1. The predicted molar refractivity (Wildman–Crippen MR) is 79.3 cm³/mol. The van der Waals surface area contributed by atoms with E-state index in [4.69, 9.17) is 5.73 Å². The highest BCUT2D eigenvalue weighted by molar-refractivity contribution is 9.10. The molecule has 0 spiro atoms. The molecule has 2 nitrogen and oxygen atoms in total. The van der Waals surface area contributed by atoms with Gasteiger partial charge in [-0.3, -0.25) is 0 Å². The van der Waals surface area contributed by atoms with Crippen molar-refractivity contribution in [3.05, 3.63) is 59.1 Å². The number of nitrogens with zero attached hydrogens (tertiary/aromatic N) is 1. The Kier molecular flexibility index (Phi) is 2.76. The van der Waals surface area contributed by atoms with Crippen molar-refractivity contribution in [2.24, 2.45) is 0 Å². The van der Waals surface area contributed by atoms with Crippen molar-refractivity contribution in [2.75, 3.05) is 5.73 Å². The van der Waals surface area contributed by atoms with E-state index in [2.05, 4.69) is 39.1 Å². The molecule has 3 heteroatoms. The summed E-state index contributed by atoms with van der Waals surface area (Å²) in [6.07, 6.45) is 0. The molecular weight excluding hydrogens is 288 g/mol. The molecule has 0 bridgehead atoms. The summed E-state index contributed by atoms with van der Waals surface area (Å²) in [4.78, 5) is 4.30. The zero-order chi connectivity index (χ0) is 12.5. The second-order valence-corrected chi connectivity index (χ2v) is 4.98. The number of hydrogen-bond donors (Lipinski definition) is 1. The number of anilines is 1. The molecule has 0 aliphatic rings. The molecule has 0 fully saturated rings. The van der Waals surface area contributed by atoms with E-state index in [9.17, 15) is 0 Å². The lowest BCUT2D eigenvalue weighted by molar-refractivity contribution is 1.41. The van der Waals surface area contributed by atoms with E-state index >= 15 is 0 Å². The van der Waals surface area contributed by atoms with Crippen LogP contribution in [0.3, 0.4) is 0 Å².